The van der Waals surface area contributed by atoms with Crippen molar-refractivity contribution in [3.05, 3.63) is 48.1 Å². The Morgan fingerprint density at radius 3 is 2.69 bits per heavy atom. The minimum atomic E-state index is 0.313. The number of aryl methyl sites for hydroxylation is 1. The van der Waals surface area contributed by atoms with Crippen LogP contribution in [0, 0.1) is 6.92 Å². The number of rotatable bonds is 2. The van der Waals surface area contributed by atoms with E-state index in [4.69, 9.17) is 0 Å². The highest BCUT2D eigenvalue weighted by atomic mass is 16.3. The van der Waals surface area contributed by atoms with E-state index >= 15 is 0 Å². The van der Waals surface area contributed by atoms with Crippen LogP contribution in [0.2, 0.25) is 0 Å². The van der Waals surface area contributed by atoms with Gasteiger partial charge in [-0.1, -0.05) is 24.8 Å². The lowest BCUT2D eigenvalue weighted by atomic mass is 10.0. The van der Waals surface area contributed by atoms with E-state index < -0.39 is 0 Å². The van der Waals surface area contributed by atoms with E-state index in [0.29, 0.717) is 5.75 Å². The molecule has 0 unspecified atom stereocenters. The van der Waals surface area contributed by atoms with Gasteiger partial charge in [0.2, 0.25) is 0 Å². The first-order valence-corrected chi connectivity index (χ1v) is 4.24. The predicted molar refractivity (Wildman–Crippen MR) is 56.7 cm³/mol. The van der Waals surface area contributed by atoms with Crippen molar-refractivity contribution in [3.63, 3.8) is 0 Å². The summed E-state index contributed by atoms with van der Waals surface area (Å²) in [7, 11) is 0. The Morgan fingerprint density at radius 2 is 2.15 bits per heavy atom. The molecule has 1 aromatic rings. The van der Waals surface area contributed by atoms with E-state index in [1.165, 1.54) is 0 Å². The number of hydrogen-bond acceptors (Lipinski definition) is 1. The van der Waals surface area contributed by atoms with Gasteiger partial charge in [0.25, 0.3) is 0 Å². The molecule has 0 aromatic heterocycles. The molecule has 0 aliphatic heterocycles. The van der Waals surface area contributed by atoms with Crippen molar-refractivity contribution >= 4 is 5.57 Å². The Morgan fingerprint density at radius 1 is 1.46 bits per heavy atom. The number of hydrogen-bond donors (Lipinski definition) is 1. The molecular weight excluding hydrogens is 160 g/mol. The first kappa shape index (κ1) is 9.59. The molecule has 0 aliphatic carbocycles. The zero-order chi connectivity index (χ0) is 9.84. The van der Waals surface area contributed by atoms with E-state index in [2.05, 4.69) is 6.58 Å². The number of allylic oxidation sites excluding steroid dienone is 3. The van der Waals surface area contributed by atoms with Crippen molar-refractivity contribution in [3.8, 4) is 5.75 Å². The molecule has 0 spiro atoms. The average molecular weight is 174 g/mol. The van der Waals surface area contributed by atoms with Crippen molar-refractivity contribution < 1.29 is 5.11 Å². The summed E-state index contributed by atoms with van der Waals surface area (Å²) >= 11 is 0. The summed E-state index contributed by atoms with van der Waals surface area (Å²) in [5.41, 5.74) is 3.39. The van der Waals surface area contributed by atoms with Gasteiger partial charge in [-0.05, 0) is 42.7 Å². The van der Waals surface area contributed by atoms with Crippen LogP contribution in [-0.2, 0) is 0 Å². The van der Waals surface area contributed by atoms with E-state index in [9.17, 15) is 5.11 Å². The van der Waals surface area contributed by atoms with Crippen LogP contribution in [0.25, 0.3) is 5.57 Å². The van der Waals surface area contributed by atoms with Crippen LogP contribution in [0.1, 0.15) is 18.1 Å². The normalized spacial score (nSPS) is 11.4. The molecule has 1 nitrogen and oxygen atoms in total. The minimum absolute atomic E-state index is 0.313. The van der Waals surface area contributed by atoms with Gasteiger partial charge >= 0.3 is 0 Å². The summed E-state index contributed by atoms with van der Waals surface area (Å²) in [5.74, 6) is 0.313. The van der Waals surface area contributed by atoms with Crippen LogP contribution >= 0.6 is 0 Å². The van der Waals surface area contributed by atoms with Gasteiger partial charge in [0.05, 0.1) is 0 Å². The molecule has 0 atom stereocenters. The Bertz CT molecular complexity index is 348. The van der Waals surface area contributed by atoms with Gasteiger partial charge in [-0.3, -0.25) is 0 Å². The molecule has 1 heteroatoms. The molecule has 13 heavy (non-hydrogen) atoms. The zero-order valence-corrected chi connectivity index (χ0v) is 8.04. The second-order valence-corrected chi connectivity index (χ2v) is 3.08. The second kappa shape index (κ2) is 3.94. The molecule has 0 bridgehead atoms. The summed E-state index contributed by atoms with van der Waals surface area (Å²) in [6, 6.07) is 5.37. The van der Waals surface area contributed by atoms with E-state index in [1.807, 2.05) is 26.0 Å². The summed E-state index contributed by atoms with van der Waals surface area (Å²) in [5, 5.41) is 9.21. The highest BCUT2D eigenvalue weighted by molar-refractivity contribution is 5.68. The average Bonchev–Trinajstić information content (AvgIpc) is 2.04. The molecule has 1 N–H and O–H groups in total. The van der Waals surface area contributed by atoms with Gasteiger partial charge in [0.1, 0.15) is 5.75 Å². The van der Waals surface area contributed by atoms with Crippen molar-refractivity contribution in [2.45, 2.75) is 13.8 Å². The second-order valence-electron chi connectivity index (χ2n) is 3.08. The molecule has 1 aromatic carbocycles. The minimum Gasteiger partial charge on any atom is -0.508 e. The van der Waals surface area contributed by atoms with E-state index in [0.717, 1.165) is 16.7 Å². The maximum atomic E-state index is 9.21. The Balaban J connectivity index is 3.15. The molecule has 0 aliphatic rings. The molecule has 0 amide bonds. The number of aromatic hydroxyl groups is 1. The highest BCUT2D eigenvalue weighted by Crippen LogP contribution is 2.22. The lowest BCUT2D eigenvalue weighted by molar-refractivity contribution is 0.475. The number of benzene rings is 1. The van der Waals surface area contributed by atoms with Crippen LogP contribution < -0.4 is 0 Å². The SMILES string of the molecule is C=C/C=C(/C)c1ccc(O)cc1C. The molecule has 68 valence electrons. The molecule has 0 heterocycles. The van der Waals surface area contributed by atoms with Crippen molar-refractivity contribution in [2.24, 2.45) is 0 Å². The third kappa shape index (κ3) is 2.22. The topological polar surface area (TPSA) is 20.2 Å². The first-order chi connectivity index (χ1) is 6.15. The van der Waals surface area contributed by atoms with Crippen molar-refractivity contribution in [1.82, 2.24) is 0 Å². The maximum absolute atomic E-state index is 9.21. The fourth-order valence-corrected chi connectivity index (χ4v) is 1.36. The Kier molecular flexibility index (Phi) is 2.91. The lowest BCUT2D eigenvalue weighted by Gasteiger charge is -2.05. The van der Waals surface area contributed by atoms with Gasteiger partial charge in [0, 0.05) is 0 Å². The van der Waals surface area contributed by atoms with Crippen LogP contribution in [-0.4, -0.2) is 5.11 Å². The smallest absolute Gasteiger partial charge is 0.115 e. The molecule has 0 radical (unpaired) electrons. The van der Waals surface area contributed by atoms with Crippen LogP contribution in [0.15, 0.2) is 36.9 Å². The first-order valence-electron chi connectivity index (χ1n) is 4.24. The fraction of sp³-hybridized carbons (Fsp3) is 0.167. The molecule has 1 rings (SSSR count). The highest BCUT2D eigenvalue weighted by Gasteiger charge is 1.99. The molecule has 0 fully saturated rings. The third-order valence-corrected chi connectivity index (χ3v) is 2.00. The van der Waals surface area contributed by atoms with Crippen LogP contribution in [0.4, 0.5) is 0 Å². The largest absolute Gasteiger partial charge is 0.508 e. The number of phenolic OH excluding ortho intramolecular Hbond substituents is 1. The fourth-order valence-electron chi connectivity index (χ4n) is 1.36. The zero-order valence-electron chi connectivity index (χ0n) is 8.04. The van der Waals surface area contributed by atoms with Crippen LogP contribution in [0.5, 0.6) is 5.75 Å². The van der Waals surface area contributed by atoms with E-state index in [1.54, 1.807) is 18.2 Å². The summed E-state index contributed by atoms with van der Waals surface area (Å²) in [6.45, 7) is 7.66. The maximum Gasteiger partial charge on any atom is 0.115 e. The quantitative estimate of drug-likeness (QED) is 0.682. The molecule has 0 saturated heterocycles. The van der Waals surface area contributed by atoms with Crippen molar-refractivity contribution in [1.29, 1.82) is 0 Å². The van der Waals surface area contributed by atoms with Crippen LogP contribution in [0.3, 0.4) is 0 Å². The third-order valence-electron chi connectivity index (χ3n) is 2.00. The van der Waals surface area contributed by atoms with Gasteiger partial charge in [-0.15, -0.1) is 0 Å². The molecule has 0 saturated carbocycles. The van der Waals surface area contributed by atoms with Gasteiger partial charge in [-0.25, -0.2) is 0 Å². The standard InChI is InChI=1S/C12H14O/c1-4-5-9(2)12-7-6-11(13)8-10(12)3/h4-8,13H,1H2,2-3H3/b9-5-. The summed E-state index contributed by atoms with van der Waals surface area (Å²) in [4.78, 5) is 0. The van der Waals surface area contributed by atoms with Gasteiger partial charge in [-0.2, -0.15) is 0 Å². The van der Waals surface area contributed by atoms with E-state index in [-0.39, 0.29) is 0 Å². The van der Waals surface area contributed by atoms with Gasteiger partial charge in [0.15, 0.2) is 0 Å². The Labute approximate surface area is 79.0 Å². The monoisotopic (exact) mass is 174 g/mol. The Hall–Kier alpha value is -1.50. The number of phenols is 1. The summed E-state index contributed by atoms with van der Waals surface area (Å²) in [6.07, 6.45) is 3.72. The van der Waals surface area contributed by atoms with Gasteiger partial charge < -0.3 is 5.11 Å². The lowest BCUT2D eigenvalue weighted by Crippen LogP contribution is -1.84. The molecular formula is C12H14O. The predicted octanol–water partition coefficient (Wildman–Crippen LogP) is 3.29. The van der Waals surface area contributed by atoms with Crippen molar-refractivity contribution in [2.75, 3.05) is 0 Å². The summed E-state index contributed by atoms with van der Waals surface area (Å²) < 4.78 is 0.